The number of rotatable bonds is 5. The van der Waals surface area contributed by atoms with Gasteiger partial charge in [-0.1, -0.05) is 13.3 Å². The zero-order chi connectivity index (χ0) is 12.0. The minimum atomic E-state index is -0.738. The first-order chi connectivity index (χ1) is 7.69. The van der Waals surface area contributed by atoms with E-state index in [2.05, 4.69) is 19.9 Å². The van der Waals surface area contributed by atoms with Crippen molar-refractivity contribution < 1.29 is 9.53 Å². The van der Waals surface area contributed by atoms with Crippen molar-refractivity contribution in [2.75, 3.05) is 6.61 Å². The van der Waals surface area contributed by atoms with Crippen LogP contribution < -0.4 is 5.56 Å². The molecule has 0 spiro atoms. The Labute approximate surface area is 93.0 Å². The van der Waals surface area contributed by atoms with Crippen molar-refractivity contribution in [3.05, 3.63) is 21.9 Å². The van der Waals surface area contributed by atoms with Crippen LogP contribution in [0.3, 0.4) is 0 Å². The number of aromatic nitrogens is 3. The minimum absolute atomic E-state index is 0.206. The number of ether oxygens (including phenoxy) is 1. The van der Waals surface area contributed by atoms with Crippen LogP contribution in [0.15, 0.2) is 4.79 Å². The van der Waals surface area contributed by atoms with Crippen molar-refractivity contribution in [1.82, 2.24) is 15.2 Å². The number of carbonyl (C=O) groups excluding carboxylic acids is 1. The molecule has 0 saturated carbocycles. The number of nitrogens with one attached hydrogen (secondary N) is 1. The van der Waals surface area contributed by atoms with Crippen LogP contribution in [0.4, 0.5) is 0 Å². The molecule has 0 saturated heterocycles. The van der Waals surface area contributed by atoms with Crippen LogP contribution in [-0.4, -0.2) is 27.8 Å². The van der Waals surface area contributed by atoms with E-state index >= 15 is 0 Å². The second-order valence-corrected chi connectivity index (χ2v) is 3.27. The molecule has 6 nitrogen and oxygen atoms in total. The van der Waals surface area contributed by atoms with Crippen LogP contribution in [0.5, 0.6) is 0 Å². The summed E-state index contributed by atoms with van der Waals surface area (Å²) in [5.74, 6) is -0.238. The number of hydrogen-bond acceptors (Lipinski definition) is 5. The molecule has 0 aromatic carbocycles. The minimum Gasteiger partial charge on any atom is -0.461 e. The number of hydrogen-bond donors (Lipinski definition) is 1. The van der Waals surface area contributed by atoms with Crippen molar-refractivity contribution in [2.45, 2.75) is 33.1 Å². The Bertz CT molecular complexity index is 414. The molecule has 6 heteroatoms. The molecule has 0 aliphatic carbocycles. The molecule has 0 radical (unpaired) electrons. The Morgan fingerprint density at radius 2 is 2.12 bits per heavy atom. The normalized spacial score (nSPS) is 10.1. The molecule has 0 bridgehead atoms. The monoisotopic (exact) mass is 225 g/mol. The molecule has 1 aromatic heterocycles. The smallest absolute Gasteiger partial charge is 0.364 e. The number of esters is 1. The number of carbonyl (C=O) groups is 1. The van der Waals surface area contributed by atoms with Crippen molar-refractivity contribution in [3.8, 4) is 0 Å². The Kier molecular flexibility index (Phi) is 4.63. The van der Waals surface area contributed by atoms with Crippen molar-refractivity contribution in [1.29, 1.82) is 0 Å². The van der Waals surface area contributed by atoms with E-state index in [9.17, 15) is 9.59 Å². The number of aryl methyl sites for hydroxylation is 1. The maximum atomic E-state index is 11.5. The molecule has 0 fully saturated rings. The van der Waals surface area contributed by atoms with Gasteiger partial charge in [0.25, 0.3) is 5.56 Å². The predicted octanol–water partition coefficient (Wildman–Crippen LogP) is 0.684. The molecular weight excluding hydrogens is 210 g/mol. The average Bonchev–Trinajstić information content (AvgIpc) is 2.26. The topological polar surface area (TPSA) is 84.9 Å². The Morgan fingerprint density at radius 1 is 1.38 bits per heavy atom. The fourth-order valence-corrected chi connectivity index (χ4v) is 1.16. The second kappa shape index (κ2) is 5.99. The van der Waals surface area contributed by atoms with E-state index in [1.165, 1.54) is 0 Å². The first-order valence-electron chi connectivity index (χ1n) is 5.32. The van der Waals surface area contributed by atoms with Gasteiger partial charge < -0.3 is 9.72 Å². The van der Waals surface area contributed by atoms with Gasteiger partial charge in [-0.2, -0.15) is 0 Å². The zero-order valence-electron chi connectivity index (χ0n) is 9.45. The molecule has 16 heavy (non-hydrogen) atoms. The highest BCUT2D eigenvalue weighted by Crippen LogP contribution is 1.96. The second-order valence-electron chi connectivity index (χ2n) is 3.27. The molecule has 88 valence electrons. The number of unbranched alkanes of at least 4 members (excludes halogenated alkanes) is 1. The molecule has 1 aromatic rings. The molecule has 0 unspecified atom stereocenters. The summed E-state index contributed by atoms with van der Waals surface area (Å²) in [5.41, 5.74) is -0.832. The lowest BCUT2D eigenvalue weighted by molar-refractivity contribution is 0.0515. The average molecular weight is 225 g/mol. The van der Waals surface area contributed by atoms with Gasteiger partial charge in [-0.15, -0.1) is 10.2 Å². The molecule has 0 aliphatic rings. The molecule has 1 N–H and O–H groups in total. The van der Waals surface area contributed by atoms with E-state index in [-0.39, 0.29) is 12.3 Å². The highest BCUT2D eigenvalue weighted by molar-refractivity contribution is 5.86. The van der Waals surface area contributed by atoms with Gasteiger partial charge in [0, 0.05) is 6.42 Å². The standard InChI is InChI=1S/C10H15N3O3/c1-3-5-6-7-11-9(14)8(13-12-7)10(15)16-4-2/h3-6H2,1-2H3,(H,11,12,14). The Hall–Kier alpha value is -1.72. The van der Waals surface area contributed by atoms with Crippen LogP contribution in [0.2, 0.25) is 0 Å². The van der Waals surface area contributed by atoms with E-state index in [1.807, 2.05) is 6.92 Å². The summed E-state index contributed by atoms with van der Waals surface area (Å²) in [6.07, 6.45) is 2.58. The zero-order valence-corrected chi connectivity index (χ0v) is 9.45. The Balaban J connectivity index is 2.83. The third kappa shape index (κ3) is 3.15. The van der Waals surface area contributed by atoms with Crippen molar-refractivity contribution in [3.63, 3.8) is 0 Å². The highest BCUT2D eigenvalue weighted by atomic mass is 16.5. The maximum absolute atomic E-state index is 11.5. The molecular formula is C10H15N3O3. The van der Waals surface area contributed by atoms with Gasteiger partial charge in [0.05, 0.1) is 6.61 Å². The molecule has 0 amide bonds. The third-order valence-corrected chi connectivity index (χ3v) is 1.98. The molecule has 0 aliphatic heterocycles. The van der Waals surface area contributed by atoms with Crippen molar-refractivity contribution in [2.24, 2.45) is 0 Å². The summed E-state index contributed by atoms with van der Waals surface area (Å²) in [5, 5.41) is 7.36. The van der Waals surface area contributed by atoms with Crippen LogP contribution in [0, 0.1) is 0 Å². The molecule has 0 atom stereocenters. The summed E-state index contributed by atoms with van der Waals surface area (Å²) in [4.78, 5) is 25.2. The predicted molar refractivity (Wildman–Crippen MR) is 57.2 cm³/mol. The van der Waals surface area contributed by atoms with Crippen molar-refractivity contribution >= 4 is 5.97 Å². The maximum Gasteiger partial charge on any atom is 0.364 e. The lowest BCUT2D eigenvalue weighted by atomic mass is 10.2. The third-order valence-electron chi connectivity index (χ3n) is 1.98. The summed E-state index contributed by atoms with van der Waals surface area (Å²) in [6, 6.07) is 0. The van der Waals surface area contributed by atoms with Crippen LogP contribution in [-0.2, 0) is 11.2 Å². The van der Waals surface area contributed by atoms with Crippen LogP contribution in [0.25, 0.3) is 0 Å². The van der Waals surface area contributed by atoms with E-state index in [0.29, 0.717) is 12.2 Å². The van der Waals surface area contributed by atoms with Crippen LogP contribution in [0.1, 0.15) is 43.0 Å². The van der Waals surface area contributed by atoms with Gasteiger partial charge in [-0.05, 0) is 13.3 Å². The van der Waals surface area contributed by atoms with Crippen LogP contribution >= 0.6 is 0 Å². The summed E-state index contributed by atoms with van der Waals surface area (Å²) in [6.45, 7) is 3.91. The van der Waals surface area contributed by atoms with Gasteiger partial charge >= 0.3 is 5.97 Å². The van der Waals surface area contributed by atoms with Gasteiger partial charge in [-0.25, -0.2) is 4.79 Å². The number of nitrogens with zero attached hydrogens (tertiary/aromatic N) is 2. The summed E-state index contributed by atoms with van der Waals surface area (Å²) >= 11 is 0. The number of aromatic amines is 1. The van der Waals surface area contributed by atoms with E-state index in [0.717, 1.165) is 12.8 Å². The lowest BCUT2D eigenvalue weighted by Crippen LogP contribution is -2.24. The van der Waals surface area contributed by atoms with E-state index in [4.69, 9.17) is 0 Å². The van der Waals surface area contributed by atoms with Gasteiger partial charge in [0.15, 0.2) is 0 Å². The number of H-pyrrole nitrogens is 1. The fraction of sp³-hybridized carbons (Fsp3) is 0.600. The molecule has 1 heterocycles. The largest absolute Gasteiger partial charge is 0.461 e. The first kappa shape index (κ1) is 12.4. The summed E-state index contributed by atoms with van der Waals surface area (Å²) < 4.78 is 4.67. The van der Waals surface area contributed by atoms with E-state index < -0.39 is 11.5 Å². The van der Waals surface area contributed by atoms with Gasteiger partial charge in [-0.3, -0.25) is 4.79 Å². The lowest BCUT2D eigenvalue weighted by Gasteiger charge is -2.01. The van der Waals surface area contributed by atoms with E-state index in [1.54, 1.807) is 6.92 Å². The quantitative estimate of drug-likeness (QED) is 0.745. The Morgan fingerprint density at radius 3 is 2.69 bits per heavy atom. The SMILES string of the molecule is CCCCc1nnc(C(=O)OCC)c(=O)[nH]1. The summed E-state index contributed by atoms with van der Waals surface area (Å²) in [7, 11) is 0. The molecule has 1 rings (SSSR count). The van der Waals surface area contributed by atoms with Gasteiger partial charge in [0.1, 0.15) is 5.82 Å². The first-order valence-corrected chi connectivity index (χ1v) is 5.32. The fourth-order valence-electron chi connectivity index (χ4n) is 1.16. The highest BCUT2D eigenvalue weighted by Gasteiger charge is 2.14. The van der Waals surface area contributed by atoms with Gasteiger partial charge in [0.2, 0.25) is 5.69 Å².